The molecule has 0 rings (SSSR count). The van der Waals surface area contributed by atoms with E-state index in [1.54, 1.807) is 0 Å². The number of hydrogen-bond donors (Lipinski definition) is 0. The van der Waals surface area contributed by atoms with E-state index in [0.29, 0.717) is 6.61 Å². The molecule has 0 heterocycles. The number of carbonyl (C=O) groups excluding carboxylic acids is 2. The molecule has 1 atom stereocenters. The molecule has 0 aliphatic rings. The fourth-order valence-corrected chi connectivity index (χ4v) is 1.33. The van der Waals surface area contributed by atoms with Gasteiger partial charge in [0.1, 0.15) is 0 Å². The first-order valence-electron chi connectivity index (χ1n) is 7.33. The number of esters is 2. The Balaban J connectivity index is 3.76. The molecule has 0 amide bonds. The molecule has 0 aromatic heterocycles. The van der Waals surface area contributed by atoms with Gasteiger partial charge in [0.2, 0.25) is 0 Å². The molecule has 20 heavy (non-hydrogen) atoms. The summed E-state index contributed by atoms with van der Waals surface area (Å²) in [6.07, 6.45) is 2.35. The Morgan fingerprint density at radius 1 is 0.900 bits per heavy atom. The lowest BCUT2D eigenvalue weighted by Crippen LogP contribution is -2.27. The first-order chi connectivity index (χ1) is 8.94. The van der Waals surface area contributed by atoms with Crippen LogP contribution in [0.5, 0.6) is 0 Å². The van der Waals surface area contributed by atoms with Crippen LogP contribution >= 0.6 is 0 Å². The molecule has 4 heteroatoms. The maximum absolute atomic E-state index is 11.7. The van der Waals surface area contributed by atoms with Crippen molar-refractivity contribution < 1.29 is 19.1 Å². The third-order valence-electron chi connectivity index (χ3n) is 2.77. The standard InChI is InChI=1S/C16H30O4/c1-12(20-14(18)16(5,6)7)10-8-9-11-19-13(17)15(2,3)4/h12H,8-11H2,1-7H3. The van der Waals surface area contributed by atoms with Crippen LogP contribution in [-0.2, 0) is 19.1 Å². The van der Waals surface area contributed by atoms with E-state index in [9.17, 15) is 9.59 Å². The molecular weight excluding hydrogens is 256 g/mol. The van der Waals surface area contributed by atoms with Gasteiger partial charge >= 0.3 is 11.9 Å². The summed E-state index contributed by atoms with van der Waals surface area (Å²) in [5.41, 5.74) is -0.911. The van der Waals surface area contributed by atoms with E-state index in [-0.39, 0.29) is 18.0 Å². The summed E-state index contributed by atoms with van der Waals surface area (Å²) in [4.78, 5) is 23.2. The molecule has 0 aromatic rings. The van der Waals surface area contributed by atoms with Gasteiger partial charge in [-0.1, -0.05) is 0 Å². The first kappa shape index (κ1) is 18.9. The SMILES string of the molecule is CC(CCCCOC(=O)C(C)(C)C)OC(=O)C(C)(C)C. The van der Waals surface area contributed by atoms with Crippen molar-refractivity contribution in [1.82, 2.24) is 0 Å². The average Bonchev–Trinajstić information content (AvgIpc) is 2.25. The Morgan fingerprint density at radius 3 is 1.85 bits per heavy atom. The molecule has 0 fully saturated rings. The molecule has 0 spiro atoms. The van der Waals surface area contributed by atoms with E-state index in [2.05, 4.69) is 0 Å². The zero-order valence-electron chi connectivity index (χ0n) is 14.0. The van der Waals surface area contributed by atoms with Crippen LogP contribution in [0.2, 0.25) is 0 Å². The summed E-state index contributed by atoms with van der Waals surface area (Å²) in [6, 6.07) is 0. The van der Waals surface area contributed by atoms with E-state index < -0.39 is 10.8 Å². The Hall–Kier alpha value is -1.06. The molecule has 0 saturated carbocycles. The summed E-state index contributed by atoms with van der Waals surface area (Å²) >= 11 is 0. The van der Waals surface area contributed by atoms with Gasteiger partial charge in [-0.3, -0.25) is 9.59 Å². The van der Waals surface area contributed by atoms with E-state index in [1.807, 2.05) is 48.5 Å². The van der Waals surface area contributed by atoms with Crippen LogP contribution in [0, 0.1) is 10.8 Å². The summed E-state index contributed by atoms with van der Waals surface area (Å²) in [7, 11) is 0. The molecule has 0 radical (unpaired) electrons. The summed E-state index contributed by atoms with van der Waals surface area (Å²) in [6.45, 7) is 13.4. The van der Waals surface area contributed by atoms with Crippen molar-refractivity contribution in [3.63, 3.8) is 0 Å². The molecule has 0 N–H and O–H groups in total. The van der Waals surface area contributed by atoms with Crippen molar-refractivity contribution in [3.8, 4) is 0 Å². The highest BCUT2D eigenvalue weighted by Crippen LogP contribution is 2.18. The lowest BCUT2D eigenvalue weighted by molar-refractivity contribution is -0.158. The number of unbranched alkanes of at least 4 members (excludes halogenated alkanes) is 1. The van der Waals surface area contributed by atoms with Crippen molar-refractivity contribution in [1.29, 1.82) is 0 Å². The highest BCUT2D eigenvalue weighted by atomic mass is 16.5. The summed E-state index contributed by atoms with van der Waals surface area (Å²) < 4.78 is 10.5. The summed E-state index contributed by atoms with van der Waals surface area (Å²) in [5.74, 6) is -0.353. The van der Waals surface area contributed by atoms with E-state index >= 15 is 0 Å². The Morgan fingerprint density at radius 2 is 1.40 bits per heavy atom. The zero-order chi connectivity index (χ0) is 16.0. The van der Waals surface area contributed by atoms with Crippen LogP contribution < -0.4 is 0 Å². The first-order valence-corrected chi connectivity index (χ1v) is 7.33. The van der Waals surface area contributed by atoms with Crippen LogP contribution in [0.4, 0.5) is 0 Å². The number of rotatable bonds is 6. The highest BCUT2D eigenvalue weighted by Gasteiger charge is 2.25. The minimum absolute atomic E-state index is 0.0972. The Bertz CT molecular complexity index is 320. The number of hydrogen-bond acceptors (Lipinski definition) is 4. The fraction of sp³-hybridized carbons (Fsp3) is 0.875. The predicted octanol–water partition coefficient (Wildman–Crippen LogP) is 3.72. The largest absolute Gasteiger partial charge is 0.465 e. The van der Waals surface area contributed by atoms with Crippen molar-refractivity contribution in [3.05, 3.63) is 0 Å². The third kappa shape index (κ3) is 8.18. The minimum atomic E-state index is -0.462. The molecule has 1 unspecified atom stereocenters. The van der Waals surface area contributed by atoms with Crippen LogP contribution in [0.15, 0.2) is 0 Å². The minimum Gasteiger partial charge on any atom is -0.465 e. The molecule has 118 valence electrons. The van der Waals surface area contributed by atoms with E-state index in [0.717, 1.165) is 19.3 Å². The Labute approximate surface area is 123 Å². The Kier molecular flexibility index (Phi) is 7.25. The predicted molar refractivity (Wildman–Crippen MR) is 79.3 cm³/mol. The van der Waals surface area contributed by atoms with Gasteiger partial charge in [0.05, 0.1) is 23.5 Å². The highest BCUT2D eigenvalue weighted by molar-refractivity contribution is 5.75. The molecular formula is C16H30O4. The zero-order valence-corrected chi connectivity index (χ0v) is 14.0. The van der Waals surface area contributed by atoms with E-state index in [1.165, 1.54) is 0 Å². The molecule has 0 aliphatic carbocycles. The lowest BCUT2D eigenvalue weighted by Gasteiger charge is -2.21. The van der Waals surface area contributed by atoms with Gasteiger partial charge < -0.3 is 9.47 Å². The molecule has 0 aliphatic heterocycles. The maximum Gasteiger partial charge on any atom is 0.311 e. The van der Waals surface area contributed by atoms with Gasteiger partial charge in [-0.15, -0.1) is 0 Å². The molecule has 0 bridgehead atoms. The maximum atomic E-state index is 11.7. The molecule has 4 nitrogen and oxygen atoms in total. The number of ether oxygens (including phenoxy) is 2. The second kappa shape index (κ2) is 7.65. The van der Waals surface area contributed by atoms with Crippen molar-refractivity contribution >= 4 is 11.9 Å². The quantitative estimate of drug-likeness (QED) is 0.551. The van der Waals surface area contributed by atoms with Crippen molar-refractivity contribution in [2.75, 3.05) is 6.61 Å². The van der Waals surface area contributed by atoms with Gasteiger partial charge in [-0.2, -0.15) is 0 Å². The summed E-state index contributed by atoms with van der Waals surface area (Å²) in [5, 5.41) is 0. The molecule has 0 saturated heterocycles. The normalized spacial score (nSPS) is 13.8. The smallest absolute Gasteiger partial charge is 0.311 e. The van der Waals surface area contributed by atoms with Crippen molar-refractivity contribution in [2.45, 2.75) is 73.8 Å². The third-order valence-corrected chi connectivity index (χ3v) is 2.77. The van der Waals surface area contributed by atoms with Gasteiger partial charge in [0.25, 0.3) is 0 Å². The average molecular weight is 286 g/mol. The van der Waals surface area contributed by atoms with Crippen molar-refractivity contribution in [2.24, 2.45) is 10.8 Å². The fourth-order valence-electron chi connectivity index (χ4n) is 1.33. The second-order valence-corrected chi connectivity index (χ2v) is 7.35. The molecule has 0 aromatic carbocycles. The van der Waals surface area contributed by atoms with Gasteiger partial charge in [-0.05, 0) is 67.7 Å². The lowest BCUT2D eigenvalue weighted by atomic mass is 9.97. The van der Waals surface area contributed by atoms with Gasteiger partial charge in [0, 0.05) is 0 Å². The topological polar surface area (TPSA) is 52.6 Å². The van der Waals surface area contributed by atoms with Crippen LogP contribution in [0.1, 0.15) is 67.7 Å². The second-order valence-electron chi connectivity index (χ2n) is 7.35. The van der Waals surface area contributed by atoms with Crippen LogP contribution in [0.3, 0.4) is 0 Å². The van der Waals surface area contributed by atoms with E-state index in [4.69, 9.17) is 9.47 Å². The van der Waals surface area contributed by atoms with Crippen LogP contribution in [0.25, 0.3) is 0 Å². The van der Waals surface area contributed by atoms with Crippen LogP contribution in [-0.4, -0.2) is 24.6 Å². The number of carbonyl (C=O) groups is 2. The van der Waals surface area contributed by atoms with Gasteiger partial charge in [-0.25, -0.2) is 0 Å². The van der Waals surface area contributed by atoms with Gasteiger partial charge in [0.15, 0.2) is 0 Å². The monoisotopic (exact) mass is 286 g/mol.